The van der Waals surface area contributed by atoms with Gasteiger partial charge in [-0.2, -0.15) is 5.26 Å². The van der Waals surface area contributed by atoms with Crippen LogP contribution >= 0.6 is 0 Å². The highest BCUT2D eigenvalue weighted by Crippen LogP contribution is 2.27. The molecule has 1 N–H and O–H groups in total. The molecule has 4 aromatic rings. The summed E-state index contributed by atoms with van der Waals surface area (Å²) < 4.78 is 62.6. The molecule has 2 fully saturated rings. The lowest BCUT2D eigenvalue weighted by molar-refractivity contribution is -0.136. The number of imidazole rings is 1. The van der Waals surface area contributed by atoms with E-state index in [-0.39, 0.29) is 53.6 Å². The molecule has 0 amide bonds. The molecule has 0 bridgehead atoms. The number of hydrogen-bond acceptors (Lipinski definition) is 8. The monoisotopic (exact) mass is 621 g/mol. The number of nitriles is 1. The Morgan fingerprint density at radius 1 is 1.04 bits per heavy atom. The van der Waals surface area contributed by atoms with Crippen LogP contribution < -0.4 is 9.47 Å². The summed E-state index contributed by atoms with van der Waals surface area (Å²) in [5.41, 5.74) is 1.24. The number of likely N-dealkylation sites (tertiary alicyclic amines) is 1. The topological polar surface area (TPSA) is 123 Å². The van der Waals surface area contributed by atoms with Gasteiger partial charge in [0.2, 0.25) is 5.88 Å². The number of pyridine rings is 1. The van der Waals surface area contributed by atoms with Gasteiger partial charge in [0.25, 0.3) is 0 Å². The van der Waals surface area contributed by atoms with Gasteiger partial charge in [0, 0.05) is 25.8 Å². The number of carbonyl (C=O) groups is 1. The Balaban J connectivity index is 1.09. The third-order valence-corrected chi connectivity index (χ3v) is 7.99. The fraction of sp³-hybridized carbons (Fsp3) is 0.375. The molecule has 0 unspecified atom stereocenters. The quantitative estimate of drug-likeness (QED) is 0.253. The van der Waals surface area contributed by atoms with E-state index in [0.29, 0.717) is 62.5 Å². The first-order chi connectivity index (χ1) is 21.7. The number of benzene rings is 2. The number of piperidine rings is 1. The van der Waals surface area contributed by atoms with Crippen molar-refractivity contribution in [1.29, 1.82) is 5.26 Å². The molecular formula is C32H30F3N5O5. The number of rotatable bonds is 11. The predicted molar refractivity (Wildman–Crippen MR) is 154 cm³/mol. The summed E-state index contributed by atoms with van der Waals surface area (Å²) in [5.74, 6) is -2.15. The van der Waals surface area contributed by atoms with Gasteiger partial charge in [0.1, 0.15) is 35.6 Å². The van der Waals surface area contributed by atoms with E-state index in [9.17, 15) is 23.1 Å². The zero-order valence-corrected chi connectivity index (χ0v) is 24.2. The second kappa shape index (κ2) is 13.1. The number of carboxylic acid groups (broad SMARTS) is 1. The van der Waals surface area contributed by atoms with Gasteiger partial charge < -0.3 is 23.9 Å². The Morgan fingerprint density at radius 3 is 2.53 bits per heavy atom. The van der Waals surface area contributed by atoms with Crippen molar-refractivity contribution in [3.8, 4) is 17.7 Å². The van der Waals surface area contributed by atoms with Gasteiger partial charge in [0.05, 0.1) is 42.8 Å². The highest BCUT2D eigenvalue weighted by atomic mass is 19.1. The zero-order chi connectivity index (χ0) is 31.5. The Morgan fingerprint density at radius 2 is 1.84 bits per heavy atom. The molecule has 0 saturated carbocycles. The fourth-order valence-corrected chi connectivity index (χ4v) is 5.54. The van der Waals surface area contributed by atoms with Crippen LogP contribution in [0.15, 0.2) is 42.5 Å². The molecule has 6 rings (SSSR count). The molecule has 0 aliphatic carbocycles. The predicted octanol–water partition coefficient (Wildman–Crippen LogP) is 4.76. The van der Waals surface area contributed by atoms with Gasteiger partial charge in [-0.05, 0) is 61.2 Å². The van der Waals surface area contributed by atoms with Gasteiger partial charge in [0.15, 0.2) is 17.4 Å². The molecule has 2 saturated heterocycles. The molecule has 0 radical (unpaired) electrons. The molecule has 2 aromatic carbocycles. The van der Waals surface area contributed by atoms with Crippen LogP contribution in [0.3, 0.4) is 0 Å². The summed E-state index contributed by atoms with van der Waals surface area (Å²) in [6, 6.07) is 11.2. The van der Waals surface area contributed by atoms with Crippen LogP contribution in [0.1, 0.15) is 41.9 Å². The SMILES string of the molecule is N#Cc1ccc(OCc2nc(OC3CCN(Cc4nc5c(F)cc(CC(=O)O)cc5n4C[C@@H]4CCO4)CC3)ccc2F)c(F)c1. The lowest BCUT2D eigenvalue weighted by atomic mass is 10.1. The van der Waals surface area contributed by atoms with Crippen LogP contribution in [0.2, 0.25) is 0 Å². The lowest BCUT2D eigenvalue weighted by Gasteiger charge is -2.32. The average molecular weight is 622 g/mol. The maximum Gasteiger partial charge on any atom is 0.307 e. The van der Waals surface area contributed by atoms with Crippen molar-refractivity contribution in [2.45, 2.75) is 57.6 Å². The van der Waals surface area contributed by atoms with E-state index in [4.69, 9.17) is 19.5 Å². The second-order valence-electron chi connectivity index (χ2n) is 11.2. The number of hydrogen-bond donors (Lipinski definition) is 1. The highest BCUT2D eigenvalue weighted by Gasteiger charge is 2.27. The molecule has 0 spiro atoms. The highest BCUT2D eigenvalue weighted by molar-refractivity contribution is 5.80. The summed E-state index contributed by atoms with van der Waals surface area (Å²) in [6.45, 7) is 2.64. The molecule has 10 nitrogen and oxygen atoms in total. The van der Waals surface area contributed by atoms with Crippen LogP contribution in [-0.2, 0) is 35.6 Å². The largest absolute Gasteiger partial charge is 0.484 e. The van der Waals surface area contributed by atoms with Gasteiger partial charge in [-0.25, -0.2) is 23.1 Å². The smallest absolute Gasteiger partial charge is 0.307 e. The number of fused-ring (bicyclic) bond motifs is 1. The summed E-state index contributed by atoms with van der Waals surface area (Å²) in [6.07, 6.45) is 1.73. The summed E-state index contributed by atoms with van der Waals surface area (Å²) in [7, 11) is 0. The molecule has 45 heavy (non-hydrogen) atoms. The second-order valence-corrected chi connectivity index (χ2v) is 11.2. The summed E-state index contributed by atoms with van der Waals surface area (Å²) in [5, 5.41) is 18.1. The number of ether oxygens (including phenoxy) is 3. The van der Waals surface area contributed by atoms with E-state index >= 15 is 0 Å². The first-order valence-corrected chi connectivity index (χ1v) is 14.6. The molecule has 2 aliphatic heterocycles. The maximum absolute atomic E-state index is 15.0. The van der Waals surface area contributed by atoms with E-state index in [1.54, 1.807) is 6.07 Å². The molecule has 2 aromatic heterocycles. The van der Waals surface area contributed by atoms with Crippen molar-refractivity contribution in [2.75, 3.05) is 19.7 Å². The van der Waals surface area contributed by atoms with Crippen molar-refractivity contribution in [1.82, 2.24) is 19.4 Å². The zero-order valence-electron chi connectivity index (χ0n) is 24.2. The Kier molecular flexibility index (Phi) is 8.86. The molecule has 4 heterocycles. The third kappa shape index (κ3) is 7.02. The van der Waals surface area contributed by atoms with Crippen LogP contribution in [0.5, 0.6) is 11.6 Å². The number of aliphatic carboxylic acids is 1. The molecule has 13 heteroatoms. The first-order valence-electron chi connectivity index (χ1n) is 14.6. The van der Waals surface area contributed by atoms with Crippen molar-refractivity contribution >= 4 is 17.0 Å². The molecule has 234 valence electrons. The Labute approximate surface area is 256 Å². The number of halogens is 3. The minimum absolute atomic E-state index is 0.00638. The lowest BCUT2D eigenvalue weighted by Crippen LogP contribution is -2.39. The van der Waals surface area contributed by atoms with E-state index in [2.05, 4.69) is 14.9 Å². The van der Waals surface area contributed by atoms with Crippen molar-refractivity contribution < 1.29 is 37.3 Å². The van der Waals surface area contributed by atoms with Gasteiger partial charge >= 0.3 is 5.97 Å². The normalized spacial score (nSPS) is 17.2. The van der Waals surface area contributed by atoms with E-state index in [1.807, 2.05) is 10.6 Å². The summed E-state index contributed by atoms with van der Waals surface area (Å²) >= 11 is 0. The van der Waals surface area contributed by atoms with Gasteiger partial charge in [-0.1, -0.05) is 0 Å². The fourth-order valence-electron chi connectivity index (χ4n) is 5.54. The van der Waals surface area contributed by atoms with E-state index < -0.39 is 23.4 Å². The van der Waals surface area contributed by atoms with Crippen LogP contribution in [0.4, 0.5) is 13.2 Å². The standard InChI is InChI=1S/C32H30F3N5O5/c33-23-2-4-30(37-26(23)18-44-28-3-1-19(15-36)11-24(28)34)45-21-5-8-39(9-6-21)17-29-38-32-25(35)12-20(14-31(41)42)13-27(32)40(29)16-22-7-10-43-22/h1-4,11-13,21-22H,5-10,14,16-18H2,(H,41,42)/t22-/m0/s1. The number of carboxylic acids is 1. The average Bonchev–Trinajstić information content (AvgIpc) is 3.33. The minimum atomic E-state index is -1.04. The van der Waals surface area contributed by atoms with Crippen molar-refractivity contribution in [3.63, 3.8) is 0 Å². The Bertz CT molecular complexity index is 1760. The van der Waals surface area contributed by atoms with Crippen LogP contribution in [-0.4, -0.2) is 62.4 Å². The van der Waals surface area contributed by atoms with Crippen molar-refractivity contribution in [3.05, 3.63) is 82.6 Å². The number of nitrogens with zero attached hydrogens (tertiary/aromatic N) is 5. The molecule has 1 atom stereocenters. The van der Waals surface area contributed by atoms with E-state index in [1.165, 1.54) is 30.3 Å². The summed E-state index contributed by atoms with van der Waals surface area (Å²) in [4.78, 5) is 22.3. The van der Waals surface area contributed by atoms with Crippen LogP contribution in [0, 0.1) is 28.8 Å². The maximum atomic E-state index is 15.0. The minimum Gasteiger partial charge on any atom is -0.484 e. The molecular weight excluding hydrogens is 591 g/mol. The van der Waals surface area contributed by atoms with Crippen molar-refractivity contribution in [2.24, 2.45) is 0 Å². The Hall–Kier alpha value is -4.67. The number of aromatic nitrogens is 3. The molecule has 2 aliphatic rings. The first kappa shape index (κ1) is 30.4. The van der Waals surface area contributed by atoms with E-state index in [0.717, 1.165) is 12.5 Å². The van der Waals surface area contributed by atoms with Gasteiger partial charge in [-0.15, -0.1) is 0 Å². The van der Waals surface area contributed by atoms with Crippen LogP contribution in [0.25, 0.3) is 11.0 Å². The van der Waals surface area contributed by atoms with Gasteiger partial charge in [-0.3, -0.25) is 9.69 Å². The third-order valence-electron chi connectivity index (χ3n) is 7.99.